The molecule has 2 aromatic carbocycles. The SMILES string of the molecule is Cc1cc(S(=O)(=O)Cl)ccc1OCCCc1ccccc1. The maximum Gasteiger partial charge on any atom is 0.261 e. The lowest BCUT2D eigenvalue weighted by molar-refractivity contribution is 0.309. The minimum atomic E-state index is -3.69. The zero-order valence-corrected chi connectivity index (χ0v) is 13.3. The molecule has 0 heterocycles. The van der Waals surface area contributed by atoms with E-state index in [4.69, 9.17) is 15.4 Å². The predicted molar refractivity (Wildman–Crippen MR) is 84.5 cm³/mol. The molecule has 2 aromatic rings. The lowest BCUT2D eigenvalue weighted by atomic mass is 10.1. The van der Waals surface area contributed by atoms with Crippen LogP contribution >= 0.6 is 10.7 Å². The number of hydrogen-bond donors (Lipinski definition) is 0. The molecule has 112 valence electrons. The summed E-state index contributed by atoms with van der Waals surface area (Å²) in [7, 11) is 1.62. The van der Waals surface area contributed by atoms with Gasteiger partial charge in [-0.2, -0.15) is 0 Å². The van der Waals surface area contributed by atoms with Gasteiger partial charge in [0.1, 0.15) is 5.75 Å². The maximum atomic E-state index is 11.2. The second kappa shape index (κ2) is 6.96. The highest BCUT2D eigenvalue weighted by Crippen LogP contribution is 2.24. The minimum Gasteiger partial charge on any atom is -0.493 e. The molecule has 0 unspecified atom stereocenters. The van der Waals surface area contributed by atoms with Crippen LogP contribution in [0.4, 0.5) is 0 Å². The molecule has 0 amide bonds. The lowest BCUT2D eigenvalue weighted by Crippen LogP contribution is -2.01. The second-order valence-corrected chi connectivity index (χ2v) is 7.37. The molecule has 0 bridgehead atoms. The van der Waals surface area contributed by atoms with E-state index >= 15 is 0 Å². The zero-order chi connectivity index (χ0) is 15.3. The number of halogens is 1. The Morgan fingerprint density at radius 1 is 1.10 bits per heavy atom. The van der Waals surface area contributed by atoms with Gasteiger partial charge < -0.3 is 4.74 Å². The summed E-state index contributed by atoms with van der Waals surface area (Å²) in [5.41, 5.74) is 2.04. The van der Waals surface area contributed by atoms with Gasteiger partial charge in [-0.25, -0.2) is 8.42 Å². The molecule has 21 heavy (non-hydrogen) atoms. The largest absolute Gasteiger partial charge is 0.493 e. The summed E-state index contributed by atoms with van der Waals surface area (Å²) in [6.07, 6.45) is 1.85. The van der Waals surface area contributed by atoms with Crippen molar-refractivity contribution in [3.63, 3.8) is 0 Å². The topological polar surface area (TPSA) is 43.4 Å². The van der Waals surface area contributed by atoms with Gasteiger partial charge in [0.25, 0.3) is 9.05 Å². The monoisotopic (exact) mass is 324 g/mol. The van der Waals surface area contributed by atoms with E-state index in [1.165, 1.54) is 17.7 Å². The Hall–Kier alpha value is -1.52. The summed E-state index contributed by atoms with van der Waals surface area (Å²) < 4.78 is 28.2. The molecule has 0 aliphatic rings. The van der Waals surface area contributed by atoms with Crippen LogP contribution in [-0.4, -0.2) is 15.0 Å². The smallest absolute Gasteiger partial charge is 0.261 e. The Balaban J connectivity index is 1.89. The van der Waals surface area contributed by atoms with Crippen LogP contribution < -0.4 is 4.74 Å². The quantitative estimate of drug-likeness (QED) is 0.597. The van der Waals surface area contributed by atoms with E-state index in [1.54, 1.807) is 13.0 Å². The van der Waals surface area contributed by atoms with Crippen molar-refractivity contribution >= 4 is 19.7 Å². The zero-order valence-electron chi connectivity index (χ0n) is 11.8. The van der Waals surface area contributed by atoms with Crippen LogP contribution in [0.5, 0.6) is 5.75 Å². The molecule has 0 aromatic heterocycles. The fourth-order valence-electron chi connectivity index (χ4n) is 2.04. The normalized spacial score (nSPS) is 11.3. The average Bonchev–Trinajstić information content (AvgIpc) is 2.45. The van der Waals surface area contributed by atoms with Crippen LogP contribution in [0.1, 0.15) is 17.5 Å². The van der Waals surface area contributed by atoms with Crippen LogP contribution in [0.15, 0.2) is 53.4 Å². The molecular weight excluding hydrogens is 308 g/mol. The fraction of sp³-hybridized carbons (Fsp3) is 0.250. The van der Waals surface area contributed by atoms with E-state index in [-0.39, 0.29) is 4.90 Å². The number of hydrogen-bond acceptors (Lipinski definition) is 3. The predicted octanol–water partition coefficient (Wildman–Crippen LogP) is 3.93. The third-order valence-electron chi connectivity index (χ3n) is 3.14. The molecule has 0 aliphatic carbocycles. The first kappa shape index (κ1) is 15.9. The highest BCUT2D eigenvalue weighted by molar-refractivity contribution is 8.13. The van der Waals surface area contributed by atoms with Crippen LogP contribution in [0.3, 0.4) is 0 Å². The highest BCUT2D eigenvalue weighted by atomic mass is 35.7. The number of aryl methyl sites for hydroxylation is 2. The number of benzene rings is 2. The minimum absolute atomic E-state index is 0.0957. The summed E-state index contributed by atoms with van der Waals surface area (Å²) in [4.78, 5) is 0.0957. The third kappa shape index (κ3) is 4.76. The second-order valence-electron chi connectivity index (χ2n) is 4.80. The van der Waals surface area contributed by atoms with E-state index in [9.17, 15) is 8.42 Å². The maximum absolute atomic E-state index is 11.2. The first-order valence-electron chi connectivity index (χ1n) is 6.69. The summed E-state index contributed by atoms with van der Waals surface area (Å²) in [5.74, 6) is 0.687. The Morgan fingerprint density at radius 3 is 2.43 bits per heavy atom. The molecule has 0 spiro atoms. The lowest BCUT2D eigenvalue weighted by Gasteiger charge is -2.10. The van der Waals surface area contributed by atoms with Crippen molar-refractivity contribution in [3.05, 3.63) is 59.7 Å². The average molecular weight is 325 g/mol. The molecule has 0 atom stereocenters. The van der Waals surface area contributed by atoms with Crippen LogP contribution in [-0.2, 0) is 15.5 Å². The third-order valence-corrected chi connectivity index (χ3v) is 4.49. The van der Waals surface area contributed by atoms with Gasteiger partial charge in [-0.1, -0.05) is 30.3 Å². The molecule has 0 fully saturated rings. The molecular formula is C16H17ClO3S. The highest BCUT2D eigenvalue weighted by Gasteiger charge is 2.11. The van der Waals surface area contributed by atoms with Gasteiger partial charge in [-0.15, -0.1) is 0 Å². The van der Waals surface area contributed by atoms with Crippen molar-refractivity contribution in [1.29, 1.82) is 0 Å². The van der Waals surface area contributed by atoms with Crippen LogP contribution in [0.25, 0.3) is 0 Å². The van der Waals surface area contributed by atoms with Gasteiger partial charge in [0.15, 0.2) is 0 Å². The van der Waals surface area contributed by atoms with Crippen LogP contribution in [0, 0.1) is 6.92 Å². The van der Waals surface area contributed by atoms with E-state index in [0.717, 1.165) is 18.4 Å². The first-order chi connectivity index (χ1) is 9.97. The molecule has 0 saturated heterocycles. The summed E-state index contributed by atoms with van der Waals surface area (Å²) in [5, 5.41) is 0. The molecule has 0 saturated carbocycles. The van der Waals surface area contributed by atoms with Crippen molar-refractivity contribution in [2.45, 2.75) is 24.7 Å². The molecule has 2 rings (SSSR count). The fourth-order valence-corrected chi connectivity index (χ4v) is 2.87. The summed E-state index contributed by atoms with van der Waals surface area (Å²) in [6, 6.07) is 14.8. The standard InChI is InChI=1S/C16H17ClO3S/c1-13-12-15(21(17,18)19)9-10-16(13)20-11-5-8-14-6-3-2-4-7-14/h2-4,6-7,9-10,12H,5,8,11H2,1H3. The number of rotatable bonds is 6. The van der Waals surface area contributed by atoms with Gasteiger partial charge in [0, 0.05) is 10.7 Å². The van der Waals surface area contributed by atoms with Crippen molar-refractivity contribution in [1.82, 2.24) is 0 Å². The van der Waals surface area contributed by atoms with Crippen LogP contribution in [0.2, 0.25) is 0 Å². The van der Waals surface area contributed by atoms with Crippen molar-refractivity contribution in [3.8, 4) is 5.75 Å². The van der Waals surface area contributed by atoms with Gasteiger partial charge in [-0.3, -0.25) is 0 Å². The summed E-state index contributed by atoms with van der Waals surface area (Å²) in [6.45, 7) is 2.39. The summed E-state index contributed by atoms with van der Waals surface area (Å²) >= 11 is 0. The van der Waals surface area contributed by atoms with E-state index < -0.39 is 9.05 Å². The van der Waals surface area contributed by atoms with E-state index in [1.807, 2.05) is 18.2 Å². The van der Waals surface area contributed by atoms with E-state index in [2.05, 4.69) is 12.1 Å². The first-order valence-corrected chi connectivity index (χ1v) is 9.00. The Kier molecular flexibility index (Phi) is 5.26. The van der Waals surface area contributed by atoms with Gasteiger partial charge in [-0.05, 0) is 49.1 Å². The molecule has 0 radical (unpaired) electrons. The van der Waals surface area contributed by atoms with Crippen molar-refractivity contribution < 1.29 is 13.2 Å². The molecule has 5 heteroatoms. The molecule has 3 nitrogen and oxygen atoms in total. The van der Waals surface area contributed by atoms with Gasteiger partial charge in [0.05, 0.1) is 11.5 Å². The van der Waals surface area contributed by atoms with Crippen molar-refractivity contribution in [2.75, 3.05) is 6.61 Å². The Morgan fingerprint density at radius 2 is 1.81 bits per heavy atom. The number of ether oxygens (including phenoxy) is 1. The van der Waals surface area contributed by atoms with Gasteiger partial charge >= 0.3 is 0 Å². The molecule has 0 N–H and O–H groups in total. The Labute approximate surface area is 129 Å². The Bertz CT molecular complexity index is 697. The van der Waals surface area contributed by atoms with E-state index in [0.29, 0.717) is 12.4 Å². The van der Waals surface area contributed by atoms with Crippen molar-refractivity contribution in [2.24, 2.45) is 0 Å². The van der Waals surface area contributed by atoms with Gasteiger partial charge in [0.2, 0.25) is 0 Å². The molecule has 0 aliphatic heterocycles.